The van der Waals surface area contributed by atoms with Crippen molar-refractivity contribution in [2.75, 3.05) is 50.5 Å². The number of carbonyl (C=O) groups excluding carboxylic acids is 1. The van der Waals surface area contributed by atoms with Gasteiger partial charge in [-0.2, -0.15) is 0 Å². The minimum atomic E-state index is 0.0513. The van der Waals surface area contributed by atoms with Gasteiger partial charge in [0.1, 0.15) is 5.75 Å². The Morgan fingerprint density at radius 1 is 1.03 bits per heavy atom. The Morgan fingerprint density at radius 2 is 1.71 bits per heavy atom. The van der Waals surface area contributed by atoms with Crippen LogP contribution >= 0.6 is 11.8 Å². The second-order valence-corrected chi connectivity index (χ2v) is 10.9. The third-order valence-electron chi connectivity index (χ3n) is 7.35. The molecule has 35 heavy (non-hydrogen) atoms. The summed E-state index contributed by atoms with van der Waals surface area (Å²) in [5.74, 6) is 2.27. The van der Waals surface area contributed by atoms with E-state index in [2.05, 4.69) is 42.0 Å². The molecule has 1 aliphatic carbocycles. The van der Waals surface area contributed by atoms with E-state index >= 15 is 0 Å². The van der Waals surface area contributed by atoms with E-state index in [0.717, 1.165) is 43.0 Å². The first-order valence-electron chi connectivity index (χ1n) is 13.2. The normalized spacial score (nSPS) is 20.0. The zero-order valence-corrected chi connectivity index (χ0v) is 21.6. The minimum Gasteiger partial charge on any atom is -0.497 e. The molecule has 1 N–H and O–H groups in total. The molecule has 190 valence electrons. The van der Waals surface area contributed by atoms with Crippen molar-refractivity contribution < 1.29 is 9.53 Å². The van der Waals surface area contributed by atoms with Crippen LogP contribution in [-0.2, 0) is 4.79 Å². The molecule has 3 fully saturated rings. The first-order valence-corrected chi connectivity index (χ1v) is 14.2. The number of thioether (sulfide) groups is 1. The second kappa shape index (κ2) is 11.6. The lowest BCUT2D eigenvalue weighted by molar-refractivity contribution is -0.118. The number of methoxy groups -OCH3 is 1. The van der Waals surface area contributed by atoms with Gasteiger partial charge < -0.3 is 15.0 Å². The summed E-state index contributed by atoms with van der Waals surface area (Å²) in [5, 5.41) is 13.1. The molecule has 3 heterocycles. The summed E-state index contributed by atoms with van der Waals surface area (Å²) in [6.07, 6.45) is 9.81. The fourth-order valence-electron chi connectivity index (χ4n) is 5.24. The van der Waals surface area contributed by atoms with Gasteiger partial charge in [0.05, 0.1) is 18.9 Å². The fourth-order valence-corrected chi connectivity index (χ4v) is 6.07. The number of hydrogen-bond acceptors (Lipinski definition) is 7. The van der Waals surface area contributed by atoms with Gasteiger partial charge in [-0.25, -0.2) is 0 Å². The quantitative estimate of drug-likeness (QED) is 0.495. The van der Waals surface area contributed by atoms with Crippen LogP contribution in [0, 0.1) is 0 Å². The van der Waals surface area contributed by atoms with Crippen LogP contribution in [0.15, 0.2) is 29.4 Å². The number of benzene rings is 1. The van der Waals surface area contributed by atoms with E-state index in [-0.39, 0.29) is 11.9 Å². The Hall–Kier alpha value is -2.26. The Morgan fingerprint density at radius 3 is 2.37 bits per heavy atom. The highest BCUT2D eigenvalue weighted by Crippen LogP contribution is 2.41. The number of nitrogens with zero attached hydrogens (tertiary/aromatic N) is 5. The van der Waals surface area contributed by atoms with Gasteiger partial charge in [-0.05, 0) is 75.7 Å². The average molecular weight is 499 g/mol. The van der Waals surface area contributed by atoms with Gasteiger partial charge in [0.25, 0.3) is 0 Å². The Bertz CT molecular complexity index is 965. The van der Waals surface area contributed by atoms with Crippen LogP contribution in [0.4, 0.5) is 5.95 Å². The SMILES string of the molecule is COc1ccc(C(CNC(=O)CSc2nnc(N3CCCCC3)n2C2CC2)N2CCCCC2)cc1. The Labute approximate surface area is 212 Å². The third-order valence-corrected chi connectivity index (χ3v) is 8.30. The smallest absolute Gasteiger partial charge is 0.230 e. The number of aromatic nitrogens is 3. The van der Waals surface area contributed by atoms with Crippen molar-refractivity contribution in [1.82, 2.24) is 25.0 Å². The number of likely N-dealkylation sites (tertiary alicyclic amines) is 1. The van der Waals surface area contributed by atoms with Crippen LogP contribution in [-0.4, -0.2) is 71.2 Å². The number of carbonyl (C=O) groups is 1. The largest absolute Gasteiger partial charge is 0.497 e. The molecule has 0 spiro atoms. The van der Waals surface area contributed by atoms with Crippen molar-refractivity contribution >= 4 is 23.6 Å². The standard InChI is InChI=1S/C26H38N6O2S/c1-34-22-12-8-20(9-13-22)23(30-14-4-2-5-15-30)18-27-24(33)19-35-26-29-28-25(32(26)21-10-11-21)31-16-6-3-7-17-31/h8-9,12-13,21,23H,2-7,10-11,14-19H2,1H3,(H,27,33). The number of rotatable bonds is 10. The molecule has 2 aliphatic heterocycles. The molecule has 1 aromatic carbocycles. The van der Waals surface area contributed by atoms with Crippen LogP contribution < -0.4 is 15.0 Å². The lowest BCUT2D eigenvalue weighted by atomic mass is 10.0. The van der Waals surface area contributed by atoms with Crippen molar-refractivity contribution in [2.45, 2.75) is 68.6 Å². The minimum absolute atomic E-state index is 0.0513. The molecule has 0 bridgehead atoms. The number of anilines is 1. The van der Waals surface area contributed by atoms with Crippen molar-refractivity contribution in [3.05, 3.63) is 29.8 Å². The monoisotopic (exact) mass is 498 g/mol. The molecule has 2 saturated heterocycles. The average Bonchev–Trinajstić information content (AvgIpc) is 3.67. The summed E-state index contributed by atoms with van der Waals surface area (Å²) in [6.45, 7) is 4.87. The predicted octanol–water partition coefficient (Wildman–Crippen LogP) is 4.05. The maximum absolute atomic E-state index is 12.9. The third kappa shape index (κ3) is 6.12. The topological polar surface area (TPSA) is 75.5 Å². The summed E-state index contributed by atoms with van der Waals surface area (Å²) in [4.78, 5) is 17.8. The van der Waals surface area contributed by atoms with E-state index in [0.29, 0.717) is 18.3 Å². The molecule has 1 unspecified atom stereocenters. The van der Waals surface area contributed by atoms with Crippen molar-refractivity contribution in [3.8, 4) is 5.75 Å². The zero-order chi connectivity index (χ0) is 24.0. The molecule has 8 nitrogen and oxygen atoms in total. The summed E-state index contributed by atoms with van der Waals surface area (Å²) >= 11 is 1.52. The van der Waals surface area contributed by atoms with Crippen molar-refractivity contribution in [1.29, 1.82) is 0 Å². The Kier molecular flexibility index (Phi) is 8.13. The number of ether oxygens (including phenoxy) is 1. The molecule has 0 radical (unpaired) electrons. The molecule has 1 amide bonds. The number of piperidine rings is 2. The highest BCUT2D eigenvalue weighted by molar-refractivity contribution is 7.99. The molecule has 2 aromatic rings. The highest BCUT2D eigenvalue weighted by atomic mass is 32.2. The van der Waals surface area contributed by atoms with Crippen LogP contribution in [0.3, 0.4) is 0 Å². The number of amides is 1. The van der Waals surface area contributed by atoms with E-state index in [1.54, 1.807) is 7.11 Å². The predicted molar refractivity (Wildman–Crippen MR) is 139 cm³/mol. The molecule has 5 rings (SSSR count). The maximum atomic E-state index is 12.9. The van der Waals surface area contributed by atoms with E-state index in [1.165, 1.54) is 68.7 Å². The lowest BCUT2D eigenvalue weighted by Crippen LogP contribution is -2.41. The number of hydrogen-bond donors (Lipinski definition) is 1. The first kappa shape index (κ1) is 24.4. The van der Waals surface area contributed by atoms with E-state index in [1.807, 2.05) is 12.1 Å². The van der Waals surface area contributed by atoms with Gasteiger partial charge in [-0.15, -0.1) is 10.2 Å². The summed E-state index contributed by atoms with van der Waals surface area (Å²) in [6, 6.07) is 8.93. The fraction of sp³-hybridized carbons (Fsp3) is 0.654. The van der Waals surface area contributed by atoms with Gasteiger partial charge in [-0.1, -0.05) is 30.3 Å². The molecule has 3 aliphatic rings. The molecule has 1 aromatic heterocycles. The van der Waals surface area contributed by atoms with E-state index in [9.17, 15) is 4.79 Å². The van der Waals surface area contributed by atoms with Crippen molar-refractivity contribution in [3.63, 3.8) is 0 Å². The van der Waals surface area contributed by atoms with Gasteiger partial charge in [0.2, 0.25) is 11.9 Å². The van der Waals surface area contributed by atoms with Crippen LogP contribution in [0.1, 0.15) is 69.0 Å². The second-order valence-electron chi connectivity index (χ2n) is 9.91. The summed E-state index contributed by atoms with van der Waals surface area (Å²) < 4.78 is 7.62. The van der Waals surface area contributed by atoms with Gasteiger partial charge in [0, 0.05) is 25.7 Å². The molecule has 1 atom stereocenters. The molecular formula is C26H38N6O2S. The molecule has 9 heteroatoms. The molecular weight excluding hydrogens is 460 g/mol. The van der Waals surface area contributed by atoms with E-state index < -0.39 is 0 Å². The van der Waals surface area contributed by atoms with Gasteiger partial charge in [0.15, 0.2) is 5.16 Å². The van der Waals surface area contributed by atoms with Crippen LogP contribution in [0.25, 0.3) is 0 Å². The highest BCUT2D eigenvalue weighted by Gasteiger charge is 2.32. The maximum Gasteiger partial charge on any atom is 0.230 e. The zero-order valence-electron chi connectivity index (χ0n) is 20.8. The first-order chi connectivity index (χ1) is 17.2. The van der Waals surface area contributed by atoms with Gasteiger partial charge in [-0.3, -0.25) is 14.3 Å². The van der Waals surface area contributed by atoms with Crippen LogP contribution in [0.5, 0.6) is 5.75 Å². The summed E-state index contributed by atoms with van der Waals surface area (Å²) in [7, 11) is 1.69. The lowest BCUT2D eigenvalue weighted by Gasteiger charge is -2.35. The Balaban J connectivity index is 1.20. The van der Waals surface area contributed by atoms with Crippen LogP contribution in [0.2, 0.25) is 0 Å². The summed E-state index contributed by atoms with van der Waals surface area (Å²) in [5.41, 5.74) is 1.22. The van der Waals surface area contributed by atoms with E-state index in [4.69, 9.17) is 4.74 Å². The molecule has 1 saturated carbocycles. The van der Waals surface area contributed by atoms with Gasteiger partial charge >= 0.3 is 0 Å². The van der Waals surface area contributed by atoms with Crippen molar-refractivity contribution in [2.24, 2.45) is 0 Å². The number of nitrogens with one attached hydrogen (secondary N) is 1.